The van der Waals surface area contributed by atoms with Gasteiger partial charge in [-0.05, 0) is 38.0 Å². The fraction of sp³-hybridized carbons (Fsp3) is 0.667. The lowest BCUT2D eigenvalue weighted by Crippen LogP contribution is -2.48. The second kappa shape index (κ2) is 12.4. The Morgan fingerprint density at radius 3 is 2.51 bits per heavy atom. The van der Waals surface area contributed by atoms with E-state index in [9.17, 15) is 14.4 Å². The van der Waals surface area contributed by atoms with E-state index >= 15 is 0 Å². The van der Waals surface area contributed by atoms with Crippen molar-refractivity contribution in [3.63, 3.8) is 0 Å². The summed E-state index contributed by atoms with van der Waals surface area (Å²) in [7, 11) is 3.37. The summed E-state index contributed by atoms with van der Waals surface area (Å²) in [4.78, 5) is 42.4. The first-order valence-corrected chi connectivity index (χ1v) is 12.9. The highest BCUT2D eigenvalue weighted by atomic mass is 16.5. The summed E-state index contributed by atoms with van der Waals surface area (Å²) in [5.74, 6) is 0.355. The van der Waals surface area contributed by atoms with Gasteiger partial charge in [-0.1, -0.05) is 33.1 Å². The molecule has 8 nitrogen and oxygen atoms in total. The Balaban J connectivity index is 1.90. The predicted molar refractivity (Wildman–Crippen MR) is 136 cm³/mol. The van der Waals surface area contributed by atoms with Crippen molar-refractivity contribution in [1.29, 1.82) is 0 Å². The molecule has 2 aliphatic rings. The smallest absolute Gasteiger partial charge is 0.257 e. The average Bonchev–Trinajstić information content (AvgIpc) is 2.88. The molecule has 3 amide bonds. The fourth-order valence-electron chi connectivity index (χ4n) is 5.01. The van der Waals surface area contributed by atoms with Gasteiger partial charge in [0.15, 0.2) is 0 Å². The molecule has 1 heterocycles. The number of anilines is 1. The van der Waals surface area contributed by atoms with Gasteiger partial charge in [0.05, 0.1) is 17.7 Å². The van der Waals surface area contributed by atoms with Gasteiger partial charge < -0.3 is 24.6 Å². The molecule has 0 unspecified atom stereocenters. The van der Waals surface area contributed by atoms with E-state index in [2.05, 4.69) is 5.32 Å². The van der Waals surface area contributed by atoms with Crippen molar-refractivity contribution >= 4 is 23.4 Å². The molecule has 1 aromatic rings. The van der Waals surface area contributed by atoms with Crippen LogP contribution >= 0.6 is 0 Å². The van der Waals surface area contributed by atoms with Crippen LogP contribution in [0, 0.1) is 11.8 Å². The summed E-state index contributed by atoms with van der Waals surface area (Å²) in [6.45, 7) is 7.01. The minimum atomic E-state index is -0.235. The van der Waals surface area contributed by atoms with Crippen LogP contribution in [-0.4, -0.2) is 73.5 Å². The summed E-state index contributed by atoms with van der Waals surface area (Å²) >= 11 is 0. The zero-order valence-electron chi connectivity index (χ0n) is 21.8. The van der Waals surface area contributed by atoms with Crippen LogP contribution in [0.25, 0.3) is 0 Å². The lowest BCUT2D eigenvalue weighted by Gasteiger charge is -2.36. The minimum absolute atomic E-state index is 0.00939. The van der Waals surface area contributed by atoms with Gasteiger partial charge in [0.2, 0.25) is 11.8 Å². The third-order valence-electron chi connectivity index (χ3n) is 7.31. The largest absolute Gasteiger partial charge is 0.491 e. The molecule has 1 N–H and O–H groups in total. The highest BCUT2D eigenvalue weighted by molar-refractivity contribution is 5.99. The topological polar surface area (TPSA) is 88.2 Å². The number of fused-ring (bicyclic) bond motifs is 1. The van der Waals surface area contributed by atoms with Gasteiger partial charge >= 0.3 is 0 Å². The molecule has 3 rings (SSSR count). The zero-order valence-corrected chi connectivity index (χ0v) is 21.8. The zero-order chi connectivity index (χ0) is 25.5. The Bertz CT molecular complexity index is 899. The molecule has 1 aliphatic carbocycles. The van der Waals surface area contributed by atoms with E-state index < -0.39 is 0 Å². The fourth-order valence-corrected chi connectivity index (χ4v) is 5.01. The first-order chi connectivity index (χ1) is 16.7. The number of amides is 3. The van der Waals surface area contributed by atoms with E-state index in [0.717, 1.165) is 25.7 Å². The summed E-state index contributed by atoms with van der Waals surface area (Å²) in [6, 6.07) is 5.04. The van der Waals surface area contributed by atoms with Crippen molar-refractivity contribution in [2.75, 3.05) is 39.2 Å². The van der Waals surface area contributed by atoms with E-state index in [1.54, 1.807) is 37.3 Å². The van der Waals surface area contributed by atoms with Crippen molar-refractivity contribution in [2.24, 2.45) is 11.8 Å². The molecule has 35 heavy (non-hydrogen) atoms. The van der Waals surface area contributed by atoms with E-state index in [4.69, 9.17) is 9.47 Å². The molecule has 0 bridgehead atoms. The Morgan fingerprint density at radius 1 is 1.14 bits per heavy atom. The van der Waals surface area contributed by atoms with Crippen LogP contribution < -0.4 is 10.1 Å². The Morgan fingerprint density at radius 2 is 1.86 bits per heavy atom. The lowest BCUT2D eigenvalue weighted by atomic mass is 9.88. The molecule has 0 spiro atoms. The van der Waals surface area contributed by atoms with Crippen LogP contribution in [-0.2, 0) is 14.3 Å². The standard InChI is InChI=1S/C27H41N3O5/c1-6-25(31)30-15-18(2)24(34-5)16-29(4)27(33)22-14-21(12-13-23(22)35-17-19(30)3)28-26(32)20-10-8-7-9-11-20/h12-14,18-20,24H,6-11,15-17H2,1-5H3,(H,28,32)/t18-,19+,24+/m0/s1. The second-order valence-corrected chi connectivity index (χ2v) is 10.0. The van der Waals surface area contributed by atoms with Gasteiger partial charge in [-0.25, -0.2) is 0 Å². The van der Waals surface area contributed by atoms with Gasteiger partial charge in [0.25, 0.3) is 5.91 Å². The molecular formula is C27H41N3O5. The summed E-state index contributed by atoms with van der Waals surface area (Å²) in [5.41, 5.74) is 0.974. The van der Waals surface area contributed by atoms with E-state index in [1.165, 1.54) is 6.42 Å². The first-order valence-electron chi connectivity index (χ1n) is 12.9. The molecule has 1 aromatic carbocycles. The third-order valence-corrected chi connectivity index (χ3v) is 7.31. The lowest BCUT2D eigenvalue weighted by molar-refractivity contribution is -0.135. The molecular weight excluding hydrogens is 446 g/mol. The van der Waals surface area contributed by atoms with Crippen LogP contribution in [0.2, 0.25) is 0 Å². The van der Waals surface area contributed by atoms with E-state index in [-0.39, 0.29) is 48.3 Å². The van der Waals surface area contributed by atoms with Crippen LogP contribution in [0.5, 0.6) is 5.75 Å². The van der Waals surface area contributed by atoms with Gasteiger partial charge in [-0.3, -0.25) is 14.4 Å². The monoisotopic (exact) mass is 487 g/mol. The number of carbonyl (C=O) groups excluding carboxylic acids is 3. The highest BCUT2D eigenvalue weighted by Gasteiger charge is 2.30. The third kappa shape index (κ3) is 6.75. The SMILES string of the molecule is CCC(=O)N1C[C@H](C)[C@H](OC)CN(C)C(=O)c2cc(NC(=O)C3CCCCC3)ccc2OC[C@H]1C. The molecule has 0 aromatic heterocycles. The molecule has 1 saturated carbocycles. The first kappa shape index (κ1) is 27.0. The maximum atomic E-state index is 13.5. The summed E-state index contributed by atoms with van der Waals surface area (Å²) < 4.78 is 11.8. The molecule has 1 aliphatic heterocycles. The van der Waals surface area contributed by atoms with Crippen LogP contribution in [0.4, 0.5) is 5.69 Å². The predicted octanol–water partition coefficient (Wildman–Crippen LogP) is 3.95. The molecule has 1 fully saturated rings. The molecule has 0 radical (unpaired) electrons. The number of hydrogen-bond donors (Lipinski definition) is 1. The van der Waals surface area contributed by atoms with Crippen molar-refractivity contribution in [2.45, 2.75) is 71.4 Å². The van der Waals surface area contributed by atoms with Crippen LogP contribution in [0.15, 0.2) is 18.2 Å². The number of carbonyl (C=O) groups is 3. The quantitative estimate of drug-likeness (QED) is 0.695. The normalized spacial score (nSPS) is 24.6. The molecule has 3 atom stereocenters. The van der Waals surface area contributed by atoms with Crippen LogP contribution in [0.1, 0.15) is 69.7 Å². The number of rotatable bonds is 4. The van der Waals surface area contributed by atoms with Crippen molar-refractivity contribution < 1.29 is 23.9 Å². The van der Waals surface area contributed by atoms with E-state index in [0.29, 0.717) is 36.5 Å². The average molecular weight is 488 g/mol. The van der Waals surface area contributed by atoms with Crippen molar-refractivity contribution in [3.05, 3.63) is 23.8 Å². The number of ether oxygens (including phenoxy) is 2. The number of nitrogens with one attached hydrogen (secondary N) is 1. The Labute approximate surface area is 209 Å². The molecule has 8 heteroatoms. The maximum absolute atomic E-state index is 13.5. The van der Waals surface area contributed by atoms with Crippen LogP contribution in [0.3, 0.4) is 0 Å². The number of methoxy groups -OCH3 is 1. The second-order valence-electron chi connectivity index (χ2n) is 10.0. The Hall–Kier alpha value is -2.61. The number of benzene rings is 1. The highest BCUT2D eigenvalue weighted by Crippen LogP contribution is 2.29. The van der Waals surface area contributed by atoms with Gasteiger partial charge in [-0.2, -0.15) is 0 Å². The number of likely N-dealkylation sites (N-methyl/N-ethyl adjacent to an activating group) is 1. The van der Waals surface area contributed by atoms with Crippen molar-refractivity contribution in [1.82, 2.24) is 9.80 Å². The minimum Gasteiger partial charge on any atom is -0.491 e. The molecule has 194 valence electrons. The van der Waals surface area contributed by atoms with Gasteiger partial charge in [-0.15, -0.1) is 0 Å². The summed E-state index contributed by atoms with van der Waals surface area (Å²) in [5, 5.41) is 3.01. The summed E-state index contributed by atoms with van der Waals surface area (Å²) in [6.07, 6.45) is 5.32. The Kier molecular flexibility index (Phi) is 9.55. The maximum Gasteiger partial charge on any atom is 0.257 e. The number of hydrogen-bond acceptors (Lipinski definition) is 5. The van der Waals surface area contributed by atoms with Gasteiger partial charge in [0, 0.05) is 51.2 Å². The van der Waals surface area contributed by atoms with E-state index in [1.807, 2.05) is 25.7 Å². The van der Waals surface area contributed by atoms with Crippen molar-refractivity contribution in [3.8, 4) is 5.75 Å². The van der Waals surface area contributed by atoms with Gasteiger partial charge in [0.1, 0.15) is 12.4 Å². The number of nitrogens with zero attached hydrogens (tertiary/aromatic N) is 2. The molecule has 0 saturated heterocycles.